The molecule has 0 radical (unpaired) electrons. The van der Waals surface area contributed by atoms with Crippen LogP contribution in [0, 0.1) is 0 Å². The van der Waals surface area contributed by atoms with Gasteiger partial charge in [0.05, 0.1) is 18.1 Å². The van der Waals surface area contributed by atoms with Gasteiger partial charge in [-0.1, -0.05) is 153 Å². The number of carbonyl (C=O) groups is 6. The summed E-state index contributed by atoms with van der Waals surface area (Å²) in [5.41, 5.74) is 7.42. The van der Waals surface area contributed by atoms with Gasteiger partial charge in [0.15, 0.2) is 10.2 Å². The Morgan fingerprint density at radius 2 is 0.874 bits per heavy atom. The van der Waals surface area contributed by atoms with E-state index in [0.717, 1.165) is 44.8 Å². The van der Waals surface area contributed by atoms with Crippen LogP contribution in [0.3, 0.4) is 0 Å². The fraction of sp³-hybridized carbons (Fsp3) is 0.353. The summed E-state index contributed by atoms with van der Waals surface area (Å²) >= 11 is 12.0. The number of nitrogens with one attached hydrogen (secondary N) is 7. The quantitative estimate of drug-likeness (QED) is 0.0441. The van der Waals surface area contributed by atoms with Gasteiger partial charge in [-0.3, -0.25) is 28.8 Å². The lowest BCUT2D eigenvalue weighted by atomic mass is 9.98. The van der Waals surface area contributed by atoms with Crippen LogP contribution in [0.5, 0.6) is 0 Å². The zero-order valence-corrected chi connectivity index (χ0v) is 51.0. The Balaban J connectivity index is 0.747. The monoisotopic (exact) mass is 1210 g/mol. The van der Waals surface area contributed by atoms with Crippen molar-refractivity contribution in [2.45, 2.75) is 120 Å². The molecule has 0 saturated carbocycles. The summed E-state index contributed by atoms with van der Waals surface area (Å²) in [6.07, 6.45) is 4.27. The SMILES string of the molecule is CCC(=O)NC1CN(C(=S)Nc2ccc(Cc3ccc(NC(=S)N4CCC5CCC(C(=O)NC(c6ccccc6)c6ccccc6)N5C(=O)C(NC(=O)C(C)NC)C4)cc3)cc2)CCC2CCC(C(=O)NC(c3ccccc3)c3ccccc3)N2C1=O. The first kappa shape index (κ1) is 61.6. The minimum atomic E-state index is -0.978. The number of rotatable bonds is 17. The van der Waals surface area contributed by atoms with Gasteiger partial charge < -0.3 is 56.8 Å². The van der Waals surface area contributed by atoms with Crippen molar-refractivity contribution in [3.05, 3.63) is 203 Å². The van der Waals surface area contributed by atoms with Crippen LogP contribution in [-0.4, -0.2) is 141 Å². The highest BCUT2D eigenvalue weighted by Crippen LogP contribution is 2.34. The maximum absolute atomic E-state index is 14.8. The summed E-state index contributed by atoms with van der Waals surface area (Å²) in [5.74, 6) is -1.68. The fourth-order valence-corrected chi connectivity index (χ4v) is 13.0. The minimum absolute atomic E-state index is 0.109. The van der Waals surface area contributed by atoms with Crippen molar-refractivity contribution >= 4 is 81.5 Å². The first-order chi connectivity index (χ1) is 42.2. The normalized spacial score (nSPS) is 20.7. The molecule has 0 bridgehead atoms. The summed E-state index contributed by atoms with van der Waals surface area (Å²) in [5, 5.41) is 23.1. The van der Waals surface area contributed by atoms with Gasteiger partial charge in [0, 0.05) is 56.1 Å². The summed E-state index contributed by atoms with van der Waals surface area (Å²) < 4.78 is 0. The second kappa shape index (κ2) is 28.8. The molecule has 4 aliphatic rings. The summed E-state index contributed by atoms with van der Waals surface area (Å²) in [4.78, 5) is 91.9. The van der Waals surface area contributed by atoms with Gasteiger partial charge in [-0.05, 0) is 141 Å². The molecule has 6 aromatic rings. The number of amides is 6. The Bertz CT molecular complexity index is 3310. The number of hydrogen-bond acceptors (Lipinski definition) is 9. The number of likely N-dealkylation sites (N-methyl/N-ethyl adjacent to an activating group) is 1. The molecule has 87 heavy (non-hydrogen) atoms. The van der Waals surface area contributed by atoms with Crippen molar-refractivity contribution in [1.82, 2.24) is 46.2 Å². The lowest BCUT2D eigenvalue weighted by Crippen LogP contribution is -2.62. The molecule has 0 aromatic heterocycles. The van der Waals surface area contributed by atoms with Crippen molar-refractivity contribution in [3.8, 4) is 0 Å². The van der Waals surface area contributed by atoms with Crippen LogP contribution >= 0.6 is 24.4 Å². The van der Waals surface area contributed by atoms with E-state index >= 15 is 0 Å². The predicted molar refractivity (Wildman–Crippen MR) is 346 cm³/mol. The molecule has 452 valence electrons. The molecule has 17 nitrogen and oxygen atoms in total. The van der Waals surface area contributed by atoms with Gasteiger partial charge in [0.1, 0.15) is 24.2 Å². The number of anilines is 2. The molecule has 7 unspecified atom stereocenters. The lowest BCUT2D eigenvalue weighted by Gasteiger charge is -2.40. The van der Waals surface area contributed by atoms with Crippen molar-refractivity contribution in [1.29, 1.82) is 0 Å². The molecule has 10 rings (SSSR count). The van der Waals surface area contributed by atoms with E-state index < -0.39 is 42.3 Å². The lowest BCUT2D eigenvalue weighted by molar-refractivity contribution is -0.144. The third-order valence-corrected chi connectivity index (χ3v) is 18.0. The number of fused-ring (bicyclic) bond motifs is 2. The van der Waals surface area contributed by atoms with E-state index in [1.165, 1.54) is 0 Å². The molecule has 7 atom stereocenters. The van der Waals surface area contributed by atoms with E-state index in [-0.39, 0.29) is 67.0 Å². The van der Waals surface area contributed by atoms with Crippen molar-refractivity contribution in [3.63, 3.8) is 0 Å². The zero-order chi connectivity index (χ0) is 61.0. The third kappa shape index (κ3) is 15.0. The molecule has 19 heteroatoms. The first-order valence-corrected chi connectivity index (χ1v) is 31.1. The predicted octanol–water partition coefficient (Wildman–Crippen LogP) is 7.60. The van der Waals surface area contributed by atoms with Gasteiger partial charge >= 0.3 is 0 Å². The average Bonchev–Trinajstić information content (AvgIpc) is 2.62. The highest BCUT2D eigenvalue weighted by Gasteiger charge is 2.47. The Hall–Kier alpha value is -8.52. The Morgan fingerprint density at radius 1 is 0.506 bits per heavy atom. The molecule has 0 aliphatic carbocycles. The van der Waals surface area contributed by atoms with Crippen LogP contribution in [0.15, 0.2) is 170 Å². The van der Waals surface area contributed by atoms with Crippen molar-refractivity contribution < 1.29 is 28.8 Å². The van der Waals surface area contributed by atoms with Crippen LogP contribution in [0.2, 0.25) is 0 Å². The summed E-state index contributed by atoms with van der Waals surface area (Å²) in [6.45, 7) is 4.73. The number of carbonyl (C=O) groups excluding carboxylic acids is 6. The van der Waals surface area contributed by atoms with E-state index in [1.807, 2.05) is 180 Å². The van der Waals surface area contributed by atoms with Gasteiger partial charge in [-0.15, -0.1) is 0 Å². The van der Waals surface area contributed by atoms with Gasteiger partial charge in [-0.2, -0.15) is 0 Å². The molecule has 6 aromatic carbocycles. The average molecular weight is 1210 g/mol. The maximum atomic E-state index is 14.8. The van der Waals surface area contributed by atoms with E-state index in [9.17, 15) is 28.8 Å². The summed E-state index contributed by atoms with van der Waals surface area (Å²) in [7, 11) is 1.69. The standard InChI is InChI=1S/C68H77N11O6S2/c1-4-59(80)72-55-42-76(39-37-53-33-35-57(78(53)65(55)84)63(82)74-60(47-17-9-5-10-18-47)48-19-11-6-12-20-48)67(86)70-51-29-25-45(26-30-51)41-46-27-31-52(32-28-46)71-68(87)77-40-38-54-34-36-58(79(54)66(85)56(43-77)73-62(81)44(2)69-3)64(83)75-61(49-21-13-7-14-22-49)50-23-15-8-16-24-50/h5-32,44,53-58,60-61,69H,4,33-43H2,1-3H3,(H,70,86)(H,71,87)(H,72,80)(H,73,81)(H,74,82)(H,75,83). The topological polar surface area (TPSA) is 200 Å². The molecule has 6 amide bonds. The van der Waals surface area contributed by atoms with Crippen molar-refractivity contribution in [2.75, 3.05) is 43.9 Å². The van der Waals surface area contributed by atoms with Gasteiger partial charge in [0.25, 0.3) is 0 Å². The smallest absolute Gasteiger partial charge is 0.247 e. The molecule has 4 fully saturated rings. The molecule has 7 N–H and O–H groups in total. The second-order valence-corrected chi connectivity index (χ2v) is 23.7. The highest BCUT2D eigenvalue weighted by atomic mass is 32.1. The van der Waals surface area contributed by atoms with E-state index in [1.54, 1.807) is 30.7 Å². The molecular weight excluding hydrogens is 1130 g/mol. The van der Waals surface area contributed by atoms with Crippen LogP contribution in [0.4, 0.5) is 11.4 Å². The van der Waals surface area contributed by atoms with E-state index in [0.29, 0.717) is 68.3 Å². The Labute approximate surface area is 520 Å². The highest BCUT2D eigenvalue weighted by molar-refractivity contribution is 7.80. The van der Waals surface area contributed by atoms with Crippen LogP contribution in [0.1, 0.15) is 104 Å². The molecule has 4 aliphatic heterocycles. The van der Waals surface area contributed by atoms with Crippen LogP contribution in [-0.2, 0) is 35.2 Å². The van der Waals surface area contributed by atoms with Crippen molar-refractivity contribution in [2.24, 2.45) is 0 Å². The van der Waals surface area contributed by atoms with Crippen LogP contribution < -0.4 is 37.2 Å². The van der Waals surface area contributed by atoms with Gasteiger partial charge in [-0.25, -0.2) is 0 Å². The summed E-state index contributed by atoms with van der Waals surface area (Å²) in [6, 6.07) is 50.1. The largest absolute Gasteiger partial charge is 0.346 e. The number of thiocarbonyl (C=S) groups is 2. The Kier molecular flexibility index (Phi) is 20.4. The third-order valence-electron chi connectivity index (χ3n) is 17.3. The molecule has 4 heterocycles. The second-order valence-electron chi connectivity index (χ2n) is 23.0. The van der Waals surface area contributed by atoms with Gasteiger partial charge in [0.2, 0.25) is 35.4 Å². The van der Waals surface area contributed by atoms with Crippen LogP contribution in [0.25, 0.3) is 0 Å². The molecule has 0 spiro atoms. The first-order valence-electron chi connectivity index (χ1n) is 30.3. The number of hydrogen-bond donors (Lipinski definition) is 7. The van der Waals surface area contributed by atoms with E-state index in [4.69, 9.17) is 24.4 Å². The Morgan fingerprint density at radius 3 is 1.23 bits per heavy atom. The molecular formula is C68H77N11O6S2. The minimum Gasteiger partial charge on any atom is -0.346 e. The fourth-order valence-electron chi connectivity index (χ4n) is 12.4. The number of nitrogens with zero attached hydrogens (tertiary/aromatic N) is 4. The zero-order valence-electron chi connectivity index (χ0n) is 49.4. The number of benzene rings is 6. The maximum Gasteiger partial charge on any atom is 0.247 e. The molecule has 4 saturated heterocycles. The van der Waals surface area contributed by atoms with E-state index in [2.05, 4.69) is 37.2 Å².